The molecule has 0 fully saturated rings. The molecule has 0 spiro atoms. The molecule has 86 valence electrons. The summed E-state index contributed by atoms with van der Waals surface area (Å²) in [6.45, 7) is 4.13. The normalized spacial score (nSPS) is 14.2. The van der Waals surface area contributed by atoms with Gasteiger partial charge >= 0.3 is 0 Å². The van der Waals surface area contributed by atoms with Crippen molar-refractivity contribution in [1.29, 1.82) is 0 Å². The molecule has 1 aromatic heterocycles. The second kappa shape index (κ2) is 5.43. The van der Waals surface area contributed by atoms with Crippen LogP contribution in [0, 0.1) is 0 Å². The van der Waals surface area contributed by atoms with Crippen LogP contribution in [-0.2, 0) is 11.2 Å². The summed E-state index contributed by atoms with van der Waals surface area (Å²) in [5.41, 5.74) is 5.96. The Kier molecular flexibility index (Phi) is 4.77. The van der Waals surface area contributed by atoms with Crippen molar-refractivity contribution < 1.29 is 4.74 Å². The van der Waals surface area contributed by atoms with E-state index in [1.165, 1.54) is 4.88 Å². The van der Waals surface area contributed by atoms with Gasteiger partial charge in [-0.15, -0.1) is 11.3 Å². The van der Waals surface area contributed by atoms with Crippen molar-refractivity contribution >= 4 is 27.3 Å². The topological polar surface area (TPSA) is 35.2 Å². The first kappa shape index (κ1) is 13.2. The zero-order valence-electron chi connectivity index (χ0n) is 9.42. The Hall–Kier alpha value is 0.1000. The van der Waals surface area contributed by atoms with E-state index in [1.54, 1.807) is 18.4 Å². The highest BCUT2D eigenvalue weighted by molar-refractivity contribution is 9.10. The van der Waals surface area contributed by atoms with E-state index >= 15 is 0 Å². The molecule has 1 unspecified atom stereocenters. The number of thiophene rings is 1. The zero-order chi connectivity index (χ0) is 11.5. The molecule has 0 amide bonds. The van der Waals surface area contributed by atoms with E-state index in [4.69, 9.17) is 10.5 Å². The van der Waals surface area contributed by atoms with E-state index in [1.807, 2.05) is 0 Å². The van der Waals surface area contributed by atoms with Crippen LogP contribution < -0.4 is 5.73 Å². The first-order valence-corrected chi connectivity index (χ1v) is 6.64. The Morgan fingerprint density at radius 1 is 1.60 bits per heavy atom. The molecule has 0 aromatic carbocycles. The Bertz CT molecular complexity index is 311. The van der Waals surface area contributed by atoms with Gasteiger partial charge in [0, 0.05) is 27.9 Å². The molecule has 0 saturated heterocycles. The molecular weight excluding hydrogens is 274 g/mol. The van der Waals surface area contributed by atoms with E-state index in [2.05, 4.69) is 41.2 Å². The van der Waals surface area contributed by atoms with Crippen molar-refractivity contribution in [3.8, 4) is 0 Å². The molecule has 0 aliphatic carbocycles. The summed E-state index contributed by atoms with van der Waals surface area (Å²) >= 11 is 5.19. The Morgan fingerprint density at radius 2 is 2.27 bits per heavy atom. The summed E-state index contributed by atoms with van der Waals surface area (Å²) in [6, 6.07) is 2.29. The van der Waals surface area contributed by atoms with Crippen LogP contribution >= 0.6 is 27.3 Å². The second-order valence-electron chi connectivity index (χ2n) is 4.36. The van der Waals surface area contributed by atoms with Crippen molar-refractivity contribution in [3.63, 3.8) is 0 Å². The van der Waals surface area contributed by atoms with Gasteiger partial charge in [0.1, 0.15) is 0 Å². The number of hydrogen-bond donors (Lipinski definition) is 1. The number of nitrogens with two attached hydrogens (primary N) is 1. The molecule has 1 aromatic rings. The zero-order valence-corrected chi connectivity index (χ0v) is 11.8. The molecule has 0 radical (unpaired) electrons. The van der Waals surface area contributed by atoms with Crippen LogP contribution in [-0.4, -0.2) is 18.8 Å². The van der Waals surface area contributed by atoms with Gasteiger partial charge in [-0.2, -0.15) is 0 Å². The van der Waals surface area contributed by atoms with E-state index in [-0.39, 0.29) is 11.6 Å². The van der Waals surface area contributed by atoms with Crippen LogP contribution in [0.4, 0.5) is 0 Å². The third kappa shape index (κ3) is 4.64. The van der Waals surface area contributed by atoms with Crippen LogP contribution in [0.3, 0.4) is 0 Å². The first-order chi connectivity index (χ1) is 6.93. The van der Waals surface area contributed by atoms with Gasteiger partial charge in [-0.05, 0) is 48.7 Å². The van der Waals surface area contributed by atoms with E-state index in [0.29, 0.717) is 0 Å². The molecule has 2 nitrogen and oxygen atoms in total. The summed E-state index contributed by atoms with van der Waals surface area (Å²) in [4.78, 5) is 1.32. The maximum absolute atomic E-state index is 6.09. The van der Waals surface area contributed by atoms with Gasteiger partial charge in [0.05, 0.1) is 5.60 Å². The number of halogens is 1. The Balaban J connectivity index is 2.46. The number of rotatable bonds is 5. The van der Waals surface area contributed by atoms with Gasteiger partial charge in [-0.25, -0.2) is 0 Å². The minimum Gasteiger partial charge on any atom is -0.379 e. The molecule has 0 aliphatic heterocycles. The minimum absolute atomic E-state index is 0.131. The fourth-order valence-electron chi connectivity index (χ4n) is 1.51. The summed E-state index contributed by atoms with van der Waals surface area (Å²) in [7, 11) is 1.73. The molecule has 2 N–H and O–H groups in total. The maximum atomic E-state index is 6.09. The fourth-order valence-corrected chi connectivity index (χ4v) is 3.05. The lowest BCUT2D eigenvalue weighted by Gasteiger charge is -2.26. The van der Waals surface area contributed by atoms with Gasteiger partial charge in [0.2, 0.25) is 0 Å². The van der Waals surface area contributed by atoms with Crippen LogP contribution in [0.2, 0.25) is 0 Å². The van der Waals surface area contributed by atoms with Gasteiger partial charge in [0.15, 0.2) is 0 Å². The molecule has 15 heavy (non-hydrogen) atoms. The van der Waals surface area contributed by atoms with Gasteiger partial charge < -0.3 is 10.5 Å². The molecule has 1 rings (SSSR count). The molecule has 0 bridgehead atoms. The monoisotopic (exact) mass is 291 g/mol. The van der Waals surface area contributed by atoms with Gasteiger partial charge in [0.25, 0.3) is 0 Å². The van der Waals surface area contributed by atoms with Crippen LogP contribution in [0.15, 0.2) is 15.9 Å². The van der Waals surface area contributed by atoms with E-state index in [0.717, 1.165) is 17.3 Å². The second-order valence-corrected chi connectivity index (χ2v) is 6.27. The van der Waals surface area contributed by atoms with Crippen molar-refractivity contribution in [2.75, 3.05) is 7.11 Å². The highest BCUT2D eigenvalue weighted by atomic mass is 79.9. The predicted molar refractivity (Wildman–Crippen MR) is 69.4 cm³/mol. The van der Waals surface area contributed by atoms with Crippen molar-refractivity contribution in [3.05, 3.63) is 20.8 Å². The average molecular weight is 292 g/mol. The molecule has 0 aliphatic rings. The van der Waals surface area contributed by atoms with Crippen molar-refractivity contribution in [2.24, 2.45) is 5.73 Å². The highest BCUT2D eigenvalue weighted by Gasteiger charge is 2.20. The summed E-state index contributed by atoms with van der Waals surface area (Å²) < 4.78 is 6.50. The van der Waals surface area contributed by atoms with Crippen LogP contribution in [0.1, 0.15) is 25.1 Å². The fraction of sp³-hybridized carbons (Fsp3) is 0.636. The SMILES string of the molecule is COC(C)(C)CC(N)Cc1cc(Br)cs1. The van der Waals surface area contributed by atoms with Gasteiger partial charge in [-0.3, -0.25) is 0 Å². The van der Waals surface area contributed by atoms with Gasteiger partial charge in [-0.1, -0.05) is 0 Å². The Morgan fingerprint density at radius 3 is 2.73 bits per heavy atom. The standard InChI is InChI=1S/C11H18BrNOS/c1-11(2,14-3)6-9(13)5-10-4-8(12)7-15-10/h4,7,9H,5-6,13H2,1-3H3. The third-order valence-corrected chi connectivity index (χ3v) is 4.11. The lowest BCUT2D eigenvalue weighted by molar-refractivity contribution is 0.0102. The van der Waals surface area contributed by atoms with Crippen LogP contribution in [0.5, 0.6) is 0 Å². The number of methoxy groups -OCH3 is 1. The maximum Gasteiger partial charge on any atom is 0.0637 e. The first-order valence-electron chi connectivity index (χ1n) is 4.96. The van der Waals surface area contributed by atoms with Crippen molar-refractivity contribution in [1.82, 2.24) is 0 Å². The predicted octanol–water partition coefficient (Wildman–Crippen LogP) is 3.20. The molecular formula is C11H18BrNOS. The number of ether oxygens (including phenoxy) is 1. The highest BCUT2D eigenvalue weighted by Crippen LogP contribution is 2.23. The Labute approximate surface area is 104 Å². The lowest BCUT2D eigenvalue weighted by atomic mass is 9.97. The molecule has 4 heteroatoms. The minimum atomic E-state index is -0.131. The quantitative estimate of drug-likeness (QED) is 0.904. The molecule has 0 saturated carbocycles. The largest absolute Gasteiger partial charge is 0.379 e. The average Bonchev–Trinajstić information content (AvgIpc) is 2.50. The van der Waals surface area contributed by atoms with E-state index < -0.39 is 0 Å². The summed E-state index contributed by atoms with van der Waals surface area (Å²) in [5, 5.41) is 2.09. The lowest BCUT2D eigenvalue weighted by Crippen LogP contribution is -2.34. The summed E-state index contributed by atoms with van der Waals surface area (Å²) in [5.74, 6) is 0. The van der Waals surface area contributed by atoms with Crippen molar-refractivity contribution in [2.45, 2.75) is 38.3 Å². The van der Waals surface area contributed by atoms with Crippen LogP contribution in [0.25, 0.3) is 0 Å². The smallest absolute Gasteiger partial charge is 0.0637 e. The molecule has 1 heterocycles. The third-order valence-electron chi connectivity index (χ3n) is 2.39. The van der Waals surface area contributed by atoms with E-state index in [9.17, 15) is 0 Å². The summed E-state index contributed by atoms with van der Waals surface area (Å²) in [6.07, 6.45) is 1.79. The molecule has 1 atom stereocenters. The number of hydrogen-bond acceptors (Lipinski definition) is 3.